The zero-order valence-corrected chi connectivity index (χ0v) is 12.5. The standard InChI is InChI=1S/C12H20BrNOS/c1-4-6-14-11(8-16-9(2)3)12-10(13)5-7-15-12/h5,7,9,11,14H,4,6,8H2,1-3H3. The van der Waals surface area contributed by atoms with Gasteiger partial charge in [-0.2, -0.15) is 11.8 Å². The van der Waals surface area contributed by atoms with Crippen molar-refractivity contribution >= 4 is 27.7 Å². The Morgan fingerprint density at radius 3 is 2.75 bits per heavy atom. The van der Waals surface area contributed by atoms with Crippen LogP contribution in [-0.4, -0.2) is 17.5 Å². The average molecular weight is 306 g/mol. The fourth-order valence-electron chi connectivity index (χ4n) is 1.39. The molecule has 2 nitrogen and oxygen atoms in total. The van der Waals surface area contributed by atoms with Gasteiger partial charge in [-0.1, -0.05) is 20.8 Å². The van der Waals surface area contributed by atoms with Gasteiger partial charge in [0.2, 0.25) is 0 Å². The van der Waals surface area contributed by atoms with Gasteiger partial charge in [-0.25, -0.2) is 0 Å². The van der Waals surface area contributed by atoms with Gasteiger partial charge in [-0.05, 0) is 40.2 Å². The molecular formula is C12H20BrNOS. The minimum absolute atomic E-state index is 0.303. The van der Waals surface area contributed by atoms with Crippen LogP contribution in [0.25, 0.3) is 0 Å². The summed E-state index contributed by atoms with van der Waals surface area (Å²) in [5.41, 5.74) is 0. The number of hydrogen-bond acceptors (Lipinski definition) is 3. The van der Waals surface area contributed by atoms with Gasteiger partial charge in [0.05, 0.1) is 16.8 Å². The van der Waals surface area contributed by atoms with Gasteiger partial charge in [0, 0.05) is 5.75 Å². The number of furan rings is 1. The van der Waals surface area contributed by atoms with Gasteiger partial charge in [-0.3, -0.25) is 0 Å². The third kappa shape index (κ3) is 4.52. The van der Waals surface area contributed by atoms with Crippen LogP contribution in [0.15, 0.2) is 21.2 Å². The van der Waals surface area contributed by atoms with E-state index in [0.29, 0.717) is 11.3 Å². The zero-order valence-electron chi connectivity index (χ0n) is 10.1. The van der Waals surface area contributed by atoms with Crippen LogP contribution < -0.4 is 5.32 Å². The van der Waals surface area contributed by atoms with Crippen LogP contribution in [0, 0.1) is 0 Å². The van der Waals surface area contributed by atoms with E-state index in [0.717, 1.165) is 29.0 Å². The number of rotatable bonds is 7. The first-order valence-electron chi connectivity index (χ1n) is 5.73. The third-order valence-corrected chi connectivity index (χ3v) is 4.05. The Hall–Kier alpha value is 0.0700. The first kappa shape index (κ1) is 14.1. The van der Waals surface area contributed by atoms with Gasteiger partial charge in [0.1, 0.15) is 5.76 Å². The zero-order chi connectivity index (χ0) is 12.0. The second-order valence-corrected chi connectivity index (χ2v) is 6.49. The van der Waals surface area contributed by atoms with E-state index in [1.165, 1.54) is 0 Å². The Bertz CT molecular complexity index is 301. The monoisotopic (exact) mass is 305 g/mol. The van der Waals surface area contributed by atoms with Gasteiger partial charge in [-0.15, -0.1) is 0 Å². The molecule has 0 saturated heterocycles. The molecule has 1 rings (SSSR count). The van der Waals surface area contributed by atoms with Gasteiger partial charge in [0.25, 0.3) is 0 Å². The molecule has 0 fully saturated rings. The van der Waals surface area contributed by atoms with Crippen LogP contribution in [-0.2, 0) is 0 Å². The fraction of sp³-hybridized carbons (Fsp3) is 0.667. The van der Waals surface area contributed by atoms with Crippen molar-refractivity contribution in [1.29, 1.82) is 0 Å². The largest absolute Gasteiger partial charge is 0.466 e. The Labute approximate surface area is 111 Å². The Morgan fingerprint density at radius 2 is 2.25 bits per heavy atom. The van der Waals surface area contributed by atoms with Crippen LogP contribution in [0.3, 0.4) is 0 Å². The number of nitrogens with one attached hydrogen (secondary N) is 1. The molecule has 0 aliphatic heterocycles. The van der Waals surface area contributed by atoms with Gasteiger partial charge < -0.3 is 9.73 Å². The van der Waals surface area contributed by atoms with E-state index >= 15 is 0 Å². The van der Waals surface area contributed by atoms with E-state index in [9.17, 15) is 0 Å². The molecule has 0 radical (unpaired) electrons. The molecule has 0 aliphatic carbocycles. The van der Waals surface area contributed by atoms with E-state index in [1.54, 1.807) is 6.26 Å². The lowest BCUT2D eigenvalue weighted by atomic mass is 10.2. The smallest absolute Gasteiger partial charge is 0.135 e. The van der Waals surface area contributed by atoms with Crippen molar-refractivity contribution in [3.8, 4) is 0 Å². The number of halogens is 1. The summed E-state index contributed by atoms with van der Waals surface area (Å²) in [5, 5.41) is 4.18. The van der Waals surface area contributed by atoms with E-state index in [2.05, 4.69) is 42.0 Å². The predicted molar refractivity (Wildman–Crippen MR) is 75.0 cm³/mol. The fourth-order valence-corrected chi connectivity index (χ4v) is 2.71. The third-order valence-electron chi connectivity index (χ3n) is 2.20. The molecule has 92 valence electrons. The van der Waals surface area contributed by atoms with Gasteiger partial charge in [0.15, 0.2) is 0 Å². The summed E-state index contributed by atoms with van der Waals surface area (Å²) < 4.78 is 6.59. The molecule has 0 aromatic carbocycles. The van der Waals surface area contributed by atoms with Crippen LogP contribution in [0.5, 0.6) is 0 Å². The normalized spacial score (nSPS) is 13.3. The molecule has 0 bridgehead atoms. The molecular weight excluding hydrogens is 286 g/mol. The van der Waals surface area contributed by atoms with Crippen molar-refractivity contribution in [3.05, 3.63) is 22.6 Å². The van der Waals surface area contributed by atoms with E-state index in [1.807, 2.05) is 17.8 Å². The summed E-state index contributed by atoms with van der Waals surface area (Å²) in [4.78, 5) is 0. The number of hydrogen-bond donors (Lipinski definition) is 1. The van der Waals surface area contributed by atoms with Crippen LogP contribution >= 0.6 is 27.7 Å². The van der Waals surface area contributed by atoms with Crippen molar-refractivity contribution in [2.24, 2.45) is 0 Å². The van der Waals surface area contributed by atoms with E-state index in [4.69, 9.17) is 4.42 Å². The highest BCUT2D eigenvalue weighted by Gasteiger charge is 2.17. The molecule has 4 heteroatoms. The van der Waals surface area contributed by atoms with Crippen molar-refractivity contribution < 1.29 is 4.42 Å². The number of thioether (sulfide) groups is 1. The second kappa shape index (κ2) is 7.41. The minimum atomic E-state index is 0.303. The minimum Gasteiger partial charge on any atom is -0.466 e. The molecule has 0 amide bonds. The molecule has 1 heterocycles. The lowest BCUT2D eigenvalue weighted by molar-refractivity contribution is 0.432. The summed E-state index contributed by atoms with van der Waals surface area (Å²) in [7, 11) is 0. The summed E-state index contributed by atoms with van der Waals surface area (Å²) in [6.45, 7) is 7.64. The van der Waals surface area contributed by atoms with Crippen LogP contribution in [0.4, 0.5) is 0 Å². The Morgan fingerprint density at radius 1 is 1.50 bits per heavy atom. The van der Waals surface area contributed by atoms with Crippen molar-refractivity contribution in [1.82, 2.24) is 5.32 Å². The lowest BCUT2D eigenvalue weighted by Gasteiger charge is -2.17. The molecule has 0 spiro atoms. The Balaban J connectivity index is 2.60. The SMILES string of the molecule is CCCNC(CSC(C)C)c1occc1Br. The summed E-state index contributed by atoms with van der Waals surface area (Å²) >= 11 is 5.48. The molecule has 0 saturated carbocycles. The molecule has 1 aromatic rings. The maximum Gasteiger partial charge on any atom is 0.135 e. The molecule has 1 unspecified atom stereocenters. The summed E-state index contributed by atoms with van der Waals surface area (Å²) in [6.07, 6.45) is 2.88. The molecule has 1 atom stereocenters. The summed E-state index contributed by atoms with van der Waals surface area (Å²) in [5.74, 6) is 2.06. The van der Waals surface area contributed by atoms with Crippen LogP contribution in [0.1, 0.15) is 39.0 Å². The molecule has 1 aromatic heterocycles. The van der Waals surface area contributed by atoms with Crippen molar-refractivity contribution in [2.45, 2.75) is 38.5 Å². The van der Waals surface area contributed by atoms with Crippen molar-refractivity contribution in [3.63, 3.8) is 0 Å². The highest BCUT2D eigenvalue weighted by molar-refractivity contribution is 9.10. The topological polar surface area (TPSA) is 25.2 Å². The summed E-state index contributed by atoms with van der Waals surface area (Å²) in [6, 6.07) is 2.26. The second-order valence-electron chi connectivity index (χ2n) is 4.02. The molecule has 0 aliphatic rings. The van der Waals surface area contributed by atoms with Gasteiger partial charge >= 0.3 is 0 Å². The van der Waals surface area contributed by atoms with Crippen molar-refractivity contribution in [2.75, 3.05) is 12.3 Å². The quantitative estimate of drug-likeness (QED) is 0.816. The molecule has 1 N–H and O–H groups in total. The van der Waals surface area contributed by atoms with E-state index in [-0.39, 0.29) is 0 Å². The average Bonchev–Trinajstić information content (AvgIpc) is 2.65. The van der Waals surface area contributed by atoms with E-state index < -0.39 is 0 Å². The first-order chi connectivity index (χ1) is 7.65. The predicted octanol–water partition coefficient (Wildman–Crippen LogP) is 4.22. The maximum absolute atomic E-state index is 5.53. The lowest BCUT2D eigenvalue weighted by Crippen LogP contribution is -2.24. The molecule has 16 heavy (non-hydrogen) atoms. The first-order valence-corrected chi connectivity index (χ1v) is 7.57. The van der Waals surface area contributed by atoms with Crippen LogP contribution in [0.2, 0.25) is 0 Å². The maximum atomic E-state index is 5.53. The highest BCUT2D eigenvalue weighted by atomic mass is 79.9. The Kier molecular flexibility index (Phi) is 6.54. The highest BCUT2D eigenvalue weighted by Crippen LogP contribution is 2.28.